The van der Waals surface area contributed by atoms with Crippen molar-refractivity contribution < 1.29 is 18.3 Å². The van der Waals surface area contributed by atoms with Crippen molar-refractivity contribution >= 4 is 16.0 Å². The Morgan fingerprint density at radius 3 is 2.55 bits per heavy atom. The fraction of sp³-hybridized carbons (Fsp3) is 0.500. The van der Waals surface area contributed by atoms with E-state index in [9.17, 15) is 13.2 Å². The van der Waals surface area contributed by atoms with Crippen molar-refractivity contribution in [2.75, 3.05) is 0 Å². The second kappa shape index (κ2) is 5.54. The maximum absolute atomic E-state index is 12.4. The molecule has 2 N–H and O–H groups in total. The van der Waals surface area contributed by atoms with Crippen molar-refractivity contribution in [2.45, 2.75) is 49.5 Å². The van der Waals surface area contributed by atoms with Gasteiger partial charge in [-0.25, -0.2) is 13.1 Å². The van der Waals surface area contributed by atoms with E-state index in [-0.39, 0.29) is 11.3 Å². The average molecular weight is 297 g/mol. The van der Waals surface area contributed by atoms with Crippen molar-refractivity contribution in [2.24, 2.45) is 0 Å². The molecule has 1 aromatic rings. The van der Waals surface area contributed by atoms with Gasteiger partial charge in [0, 0.05) is 5.54 Å². The summed E-state index contributed by atoms with van der Waals surface area (Å²) >= 11 is 0. The molecule has 0 bridgehead atoms. The second-order valence-corrected chi connectivity index (χ2v) is 7.16. The molecule has 0 heterocycles. The van der Waals surface area contributed by atoms with Crippen LogP contribution in [0, 0.1) is 6.92 Å². The van der Waals surface area contributed by atoms with E-state index in [1.807, 2.05) is 13.0 Å². The van der Waals surface area contributed by atoms with Crippen LogP contribution in [0.4, 0.5) is 0 Å². The first kappa shape index (κ1) is 15.0. The minimum atomic E-state index is -3.68. The number of carboxylic acids is 1. The number of hydrogen-bond acceptors (Lipinski definition) is 3. The van der Waals surface area contributed by atoms with Gasteiger partial charge in [-0.15, -0.1) is 0 Å². The molecule has 0 unspecified atom stereocenters. The lowest BCUT2D eigenvalue weighted by atomic mass is 9.95. The minimum absolute atomic E-state index is 0.169. The van der Waals surface area contributed by atoms with Gasteiger partial charge in [-0.2, -0.15) is 0 Å². The van der Waals surface area contributed by atoms with E-state index in [1.165, 1.54) is 6.07 Å². The Labute approximate surface area is 119 Å². The van der Waals surface area contributed by atoms with Crippen LogP contribution in [0.25, 0.3) is 0 Å². The van der Waals surface area contributed by atoms with Crippen LogP contribution < -0.4 is 4.72 Å². The highest BCUT2D eigenvalue weighted by molar-refractivity contribution is 7.89. The Hall–Kier alpha value is -1.40. The van der Waals surface area contributed by atoms with Crippen LogP contribution in [0.15, 0.2) is 29.2 Å². The van der Waals surface area contributed by atoms with E-state index in [4.69, 9.17) is 5.11 Å². The normalized spacial score (nSPS) is 18.1. The van der Waals surface area contributed by atoms with Crippen LogP contribution >= 0.6 is 0 Å². The maximum Gasteiger partial charge on any atom is 0.305 e. The molecular formula is C14H19NO4S. The standard InChI is InChI=1S/C14H19NO4S/c1-11-5-4-6-12(9-11)20(18,19)15-14(10-13(16)17)7-2-3-8-14/h4-6,9,15H,2-3,7-8,10H2,1H3,(H,16,17). The van der Waals surface area contributed by atoms with Gasteiger partial charge < -0.3 is 5.11 Å². The van der Waals surface area contributed by atoms with Crippen LogP contribution in [0.1, 0.15) is 37.7 Å². The summed E-state index contributed by atoms with van der Waals surface area (Å²) in [4.78, 5) is 11.2. The first-order valence-corrected chi connectivity index (χ1v) is 8.14. The van der Waals surface area contributed by atoms with E-state index in [0.717, 1.165) is 18.4 Å². The zero-order chi connectivity index (χ0) is 14.8. The molecule has 1 fully saturated rings. The van der Waals surface area contributed by atoms with Gasteiger partial charge in [-0.1, -0.05) is 25.0 Å². The van der Waals surface area contributed by atoms with E-state index in [2.05, 4.69) is 4.72 Å². The number of carboxylic acid groups (broad SMARTS) is 1. The van der Waals surface area contributed by atoms with Crippen LogP contribution in [0.2, 0.25) is 0 Å². The zero-order valence-corrected chi connectivity index (χ0v) is 12.2. The highest BCUT2D eigenvalue weighted by Gasteiger charge is 2.39. The van der Waals surface area contributed by atoms with Crippen molar-refractivity contribution in [1.29, 1.82) is 0 Å². The molecule has 0 saturated heterocycles. The van der Waals surface area contributed by atoms with Crippen LogP contribution in [0.5, 0.6) is 0 Å². The highest BCUT2D eigenvalue weighted by atomic mass is 32.2. The molecule has 5 nitrogen and oxygen atoms in total. The third-order valence-corrected chi connectivity index (χ3v) is 5.28. The van der Waals surface area contributed by atoms with E-state index >= 15 is 0 Å². The Kier molecular flexibility index (Phi) is 4.15. The maximum atomic E-state index is 12.4. The van der Waals surface area contributed by atoms with E-state index in [0.29, 0.717) is 12.8 Å². The monoisotopic (exact) mass is 297 g/mol. The molecule has 1 saturated carbocycles. The largest absolute Gasteiger partial charge is 0.481 e. The number of carbonyl (C=O) groups is 1. The minimum Gasteiger partial charge on any atom is -0.481 e. The van der Waals surface area contributed by atoms with Crippen molar-refractivity contribution in [3.05, 3.63) is 29.8 Å². The summed E-state index contributed by atoms with van der Waals surface area (Å²) in [6, 6.07) is 6.62. The molecule has 0 aliphatic heterocycles. The average Bonchev–Trinajstić information content (AvgIpc) is 2.75. The van der Waals surface area contributed by atoms with Gasteiger partial charge in [0.25, 0.3) is 0 Å². The van der Waals surface area contributed by atoms with Gasteiger partial charge in [-0.05, 0) is 37.5 Å². The van der Waals surface area contributed by atoms with Crippen LogP contribution in [-0.4, -0.2) is 25.0 Å². The van der Waals surface area contributed by atoms with Gasteiger partial charge in [0.2, 0.25) is 10.0 Å². The molecule has 0 aromatic heterocycles. The summed E-state index contributed by atoms with van der Waals surface area (Å²) in [6.07, 6.45) is 2.68. The molecule has 6 heteroatoms. The SMILES string of the molecule is Cc1cccc(S(=O)(=O)NC2(CC(=O)O)CCCC2)c1. The fourth-order valence-electron chi connectivity index (χ4n) is 2.78. The second-order valence-electron chi connectivity index (χ2n) is 5.48. The number of aliphatic carboxylic acids is 1. The molecule has 0 amide bonds. The van der Waals surface area contributed by atoms with Gasteiger partial charge in [0.05, 0.1) is 11.3 Å². The van der Waals surface area contributed by atoms with Gasteiger partial charge >= 0.3 is 5.97 Å². The zero-order valence-electron chi connectivity index (χ0n) is 11.4. The molecule has 0 atom stereocenters. The lowest BCUT2D eigenvalue weighted by Crippen LogP contribution is -2.47. The summed E-state index contributed by atoms with van der Waals surface area (Å²) in [7, 11) is -3.68. The molecule has 0 spiro atoms. The van der Waals surface area contributed by atoms with Gasteiger partial charge in [-0.3, -0.25) is 4.79 Å². The Balaban J connectivity index is 2.28. The van der Waals surface area contributed by atoms with Crippen molar-refractivity contribution in [1.82, 2.24) is 4.72 Å². The summed E-state index contributed by atoms with van der Waals surface area (Å²) in [5.74, 6) is -0.973. The number of aryl methyl sites for hydroxylation is 1. The highest BCUT2D eigenvalue weighted by Crippen LogP contribution is 2.34. The predicted octanol–water partition coefficient (Wildman–Crippen LogP) is 2.06. The lowest BCUT2D eigenvalue weighted by Gasteiger charge is -2.28. The smallest absolute Gasteiger partial charge is 0.305 e. The van der Waals surface area contributed by atoms with Crippen molar-refractivity contribution in [3.8, 4) is 0 Å². The predicted molar refractivity (Wildman–Crippen MR) is 75.0 cm³/mol. The van der Waals surface area contributed by atoms with E-state index < -0.39 is 21.5 Å². The third-order valence-electron chi connectivity index (χ3n) is 3.70. The molecular weight excluding hydrogens is 278 g/mol. The van der Waals surface area contributed by atoms with Crippen molar-refractivity contribution in [3.63, 3.8) is 0 Å². The van der Waals surface area contributed by atoms with Crippen LogP contribution in [0.3, 0.4) is 0 Å². The van der Waals surface area contributed by atoms with Crippen LogP contribution in [-0.2, 0) is 14.8 Å². The number of rotatable bonds is 5. The number of nitrogens with one attached hydrogen (secondary N) is 1. The Bertz CT molecular complexity index is 603. The molecule has 1 aliphatic carbocycles. The summed E-state index contributed by atoms with van der Waals surface area (Å²) in [5, 5.41) is 9.02. The molecule has 0 radical (unpaired) electrons. The Morgan fingerprint density at radius 2 is 2.00 bits per heavy atom. The Morgan fingerprint density at radius 1 is 1.35 bits per heavy atom. The summed E-state index contributed by atoms with van der Waals surface area (Å²) < 4.78 is 27.5. The van der Waals surface area contributed by atoms with Gasteiger partial charge in [0.15, 0.2) is 0 Å². The first-order valence-electron chi connectivity index (χ1n) is 6.65. The molecule has 2 rings (SSSR count). The summed E-state index contributed by atoms with van der Waals surface area (Å²) in [6.45, 7) is 1.82. The number of sulfonamides is 1. The molecule has 110 valence electrons. The quantitative estimate of drug-likeness (QED) is 0.871. The first-order chi connectivity index (χ1) is 9.33. The van der Waals surface area contributed by atoms with Gasteiger partial charge in [0.1, 0.15) is 0 Å². The lowest BCUT2D eigenvalue weighted by molar-refractivity contribution is -0.138. The molecule has 1 aliphatic rings. The number of benzene rings is 1. The molecule has 1 aromatic carbocycles. The van der Waals surface area contributed by atoms with E-state index in [1.54, 1.807) is 12.1 Å². The number of hydrogen-bond donors (Lipinski definition) is 2. The third kappa shape index (κ3) is 3.37. The molecule has 20 heavy (non-hydrogen) atoms. The summed E-state index contributed by atoms with van der Waals surface area (Å²) in [5.41, 5.74) is 0.0144. The fourth-order valence-corrected chi connectivity index (χ4v) is 4.35. The topological polar surface area (TPSA) is 83.5 Å².